The largest absolute Gasteiger partial charge is 0.246 e. The molecule has 18 heavy (non-hydrogen) atoms. The highest BCUT2D eigenvalue weighted by Gasteiger charge is 2.10. The predicted molar refractivity (Wildman–Crippen MR) is 82.4 cm³/mol. The summed E-state index contributed by atoms with van der Waals surface area (Å²) >= 11 is 5.30. The second-order valence-corrected chi connectivity index (χ2v) is 5.76. The van der Waals surface area contributed by atoms with Crippen LogP contribution in [0.4, 0.5) is 0 Å². The molecular formula is C15H12BrNS. The van der Waals surface area contributed by atoms with Crippen molar-refractivity contribution in [2.45, 2.75) is 12.3 Å². The van der Waals surface area contributed by atoms with Gasteiger partial charge in [0, 0.05) is 10.7 Å². The quantitative estimate of drug-likeness (QED) is 0.594. The Labute approximate surface area is 119 Å². The number of aryl methyl sites for hydroxylation is 1. The third-order valence-corrected chi connectivity index (χ3v) is 4.51. The Kier molecular flexibility index (Phi) is 3.18. The highest BCUT2D eigenvalue weighted by molar-refractivity contribution is 9.08. The molecule has 0 aliphatic heterocycles. The van der Waals surface area contributed by atoms with Gasteiger partial charge in [0.05, 0.1) is 16.1 Å². The van der Waals surface area contributed by atoms with Crippen molar-refractivity contribution in [1.29, 1.82) is 0 Å². The molecule has 3 rings (SSSR count). The van der Waals surface area contributed by atoms with Gasteiger partial charge in [-0.3, -0.25) is 0 Å². The van der Waals surface area contributed by atoms with Crippen LogP contribution in [0.2, 0.25) is 0 Å². The number of hydrogen-bond donors (Lipinski definition) is 0. The lowest BCUT2D eigenvalue weighted by Gasteiger charge is -2.08. The number of rotatable bonds is 2. The summed E-state index contributed by atoms with van der Waals surface area (Å²) in [6.45, 7) is 2.11. The van der Waals surface area contributed by atoms with Gasteiger partial charge in [0.25, 0.3) is 0 Å². The standard InChI is InChI=1S/C15H12BrNS/c1-10-4-2-5-11-8-12(9-16)15(17-14(10)11)13-6-3-7-18-13/h2-8H,9H2,1H3. The number of benzene rings is 1. The Morgan fingerprint density at radius 3 is 2.83 bits per heavy atom. The summed E-state index contributed by atoms with van der Waals surface area (Å²) < 4.78 is 0. The van der Waals surface area contributed by atoms with Crippen LogP contribution in [0.3, 0.4) is 0 Å². The highest BCUT2D eigenvalue weighted by atomic mass is 79.9. The van der Waals surface area contributed by atoms with E-state index < -0.39 is 0 Å². The summed E-state index contributed by atoms with van der Waals surface area (Å²) in [4.78, 5) is 6.10. The molecule has 0 amide bonds. The summed E-state index contributed by atoms with van der Waals surface area (Å²) in [5.74, 6) is 0. The summed E-state index contributed by atoms with van der Waals surface area (Å²) in [5, 5.41) is 4.14. The Hall–Kier alpha value is -1.19. The number of halogens is 1. The van der Waals surface area contributed by atoms with Crippen LogP contribution in [0.15, 0.2) is 41.8 Å². The molecule has 0 aliphatic carbocycles. The second-order valence-electron chi connectivity index (χ2n) is 4.25. The van der Waals surface area contributed by atoms with Gasteiger partial charge in [-0.05, 0) is 35.6 Å². The van der Waals surface area contributed by atoms with Gasteiger partial charge in [-0.2, -0.15) is 0 Å². The number of hydrogen-bond acceptors (Lipinski definition) is 2. The maximum Gasteiger partial charge on any atom is 0.0849 e. The molecule has 0 atom stereocenters. The zero-order valence-electron chi connectivity index (χ0n) is 9.98. The topological polar surface area (TPSA) is 12.9 Å². The molecule has 0 bridgehead atoms. The average Bonchev–Trinajstić information content (AvgIpc) is 2.91. The van der Waals surface area contributed by atoms with Gasteiger partial charge in [0.15, 0.2) is 0 Å². The monoisotopic (exact) mass is 317 g/mol. The highest BCUT2D eigenvalue weighted by Crippen LogP contribution is 2.31. The minimum absolute atomic E-state index is 0.830. The normalized spacial score (nSPS) is 11.0. The van der Waals surface area contributed by atoms with Gasteiger partial charge < -0.3 is 0 Å². The van der Waals surface area contributed by atoms with E-state index in [1.54, 1.807) is 11.3 Å². The fraction of sp³-hybridized carbons (Fsp3) is 0.133. The minimum Gasteiger partial charge on any atom is -0.246 e. The van der Waals surface area contributed by atoms with Gasteiger partial charge in [-0.15, -0.1) is 11.3 Å². The van der Waals surface area contributed by atoms with E-state index in [0.717, 1.165) is 16.5 Å². The first-order chi connectivity index (χ1) is 8.79. The summed E-state index contributed by atoms with van der Waals surface area (Å²) in [7, 11) is 0. The van der Waals surface area contributed by atoms with Crippen LogP contribution in [0.25, 0.3) is 21.5 Å². The lowest BCUT2D eigenvalue weighted by atomic mass is 10.1. The van der Waals surface area contributed by atoms with Crippen LogP contribution in [-0.2, 0) is 5.33 Å². The van der Waals surface area contributed by atoms with Crippen molar-refractivity contribution in [3.63, 3.8) is 0 Å². The first-order valence-electron chi connectivity index (χ1n) is 5.78. The minimum atomic E-state index is 0.830. The second kappa shape index (κ2) is 4.82. The SMILES string of the molecule is Cc1cccc2cc(CBr)c(-c3cccs3)nc12. The molecule has 2 heterocycles. The maximum atomic E-state index is 4.87. The van der Waals surface area contributed by atoms with E-state index in [-0.39, 0.29) is 0 Å². The first-order valence-corrected chi connectivity index (χ1v) is 7.79. The van der Waals surface area contributed by atoms with Crippen molar-refractivity contribution in [3.05, 3.63) is 52.9 Å². The van der Waals surface area contributed by atoms with Crippen molar-refractivity contribution in [3.8, 4) is 10.6 Å². The van der Waals surface area contributed by atoms with Crippen molar-refractivity contribution < 1.29 is 0 Å². The van der Waals surface area contributed by atoms with E-state index in [1.807, 2.05) is 0 Å². The van der Waals surface area contributed by atoms with E-state index in [1.165, 1.54) is 21.4 Å². The number of alkyl halides is 1. The van der Waals surface area contributed by atoms with Crippen LogP contribution in [0.5, 0.6) is 0 Å². The van der Waals surface area contributed by atoms with E-state index >= 15 is 0 Å². The van der Waals surface area contributed by atoms with Gasteiger partial charge in [0.1, 0.15) is 0 Å². The first kappa shape index (κ1) is 11.9. The predicted octanol–water partition coefficient (Wildman–Crippen LogP) is 5.17. The maximum absolute atomic E-state index is 4.87. The van der Waals surface area contributed by atoms with Crippen molar-refractivity contribution >= 4 is 38.2 Å². The Balaban J connectivity index is 2.33. The molecule has 3 heteroatoms. The van der Waals surface area contributed by atoms with Crippen LogP contribution >= 0.6 is 27.3 Å². The fourth-order valence-electron chi connectivity index (χ4n) is 2.12. The van der Waals surface area contributed by atoms with Crippen molar-refractivity contribution in [2.75, 3.05) is 0 Å². The number of aromatic nitrogens is 1. The van der Waals surface area contributed by atoms with Gasteiger partial charge in [-0.25, -0.2) is 4.98 Å². The van der Waals surface area contributed by atoms with E-state index in [0.29, 0.717) is 0 Å². The average molecular weight is 318 g/mol. The molecule has 0 fully saturated rings. The van der Waals surface area contributed by atoms with Crippen molar-refractivity contribution in [1.82, 2.24) is 4.98 Å². The van der Waals surface area contributed by atoms with Crippen LogP contribution in [-0.4, -0.2) is 4.98 Å². The van der Waals surface area contributed by atoms with Crippen LogP contribution < -0.4 is 0 Å². The molecule has 0 unspecified atom stereocenters. The molecule has 2 aromatic heterocycles. The molecule has 90 valence electrons. The zero-order chi connectivity index (χ0) is 12.5. The van der Waals surface area contributed by atoms with Crippen LogP contribution in [0, 0.1) is 6.92 Å². The fourth-order valence-corrected chi connectivity index (χ4v) is 3.30. The van der Waals surface area contributed by atoms with Crippen molar-refractivity contribution in [2.24, 2.45) is 0 Å². The third kappa shape index (κ3) is 1.98. The molecule has 1 nitrogen and oxygen atoms in total. The number of para-hydroxylation sites is 1. The third-order valence-electron chi connectivity index (χ3n) is 3.03. The molecular weight excluding hydrogens is 306 g/mol. The van der Waals surface area contributed by atoms with Gasteiger partial charge in [0.2, 0.25) is 0 Å². The molecule has 0 N–H and O–H groups in total. The molecule has 0 radical (unpaired) electrons. The Morgan fingerprint density at radius 1 is 1.22 bits per heavy atom. The van der Waals surface area contributed by atoms with E-state index in [4.69, 9.17) is 4.98 Å². The van der Waals surface area contributed by atoms with Gasteiger partial charge in [-0.1, -0.05) is 40.2 Å². The molecule has 0 aliphatic rings. The lowest BCUT2D eigenvalue weighted by Crippen LogP contribution is -1.92. The Bertz CT molecular complexity index is 689. The molecule has 0 spiro atoms. The number of thiophene rings is 1. The molecule has 0 saturated carbocycles. The summed E-state index contributed by atoms with van der Waals surface area (Å²) in [6.07, 6.45) is 0. The summed E-state index contributed by atoms with van der Waals surface area (Å²) in [6, 6.07) is 12.8. The number of fused-ring (bicyclic) bond motifs is 1. The smallest absolute Gasteiger partial charge is 0.0849 e. The summed E-state index contributed by atoms with van der Waals surface area (Å²) in [5.41, 5.74) is 4.68. The number of pyridine rings is 1. The zero-order valence-corrected chi connectivity index (χ0v) is 12.4. The Morgan fingerprint density at radius 2 is 2.11 bits per heavy atom. The van der Waals surface area contributed by atoms with E-state index in [9.17, 15) is 0 Å². The van der Waals surface area contributed by atoms with Gasteiger partial charge >= 0.3 is 0 Å². The molecule has 0 saturated heterocycles. The van der Waals surface area contributed by atoms with Crippen LogP contribution in [0.1, 0.15) is 11.1 Å². The molecule has 1 aromatic carbocycles. The van der Waals surface area contributed by atoms with E-state index in [2.05, 4.69) is 64.6 Å². The molecule has 3 aromatic rings. The number of nitrogens with zero attached hydrogens (tertiary/aromatic N) is 1. The lowest BCUT2D eigenvalue weighted by molar-refractivity contribution is 1.31.